The summed E-state index contributed by atoms with van der Waals surface area (Å²) in [6.45, 7) is 3.99. The van der Waals surface area contributed by atoms with Gasteiger partial charge in [-0.05, 0) is 49.2 Å². The van der Waals surface area contributed by atoms with Crippen LogP contribution in [0.4, 0.5) is 28.9 Å². The standard InChI is InChI=1S/C30H26ClF4N7/c1-17(2)42-16-25(40-41-42)27(18-8-10-21(32)11-9-18)38-22-12-23-26(20(14-36)15-37-28(23)24(31)13-22)39-29(30(33,34)35)19-6-4-3-5-7-19/h3-13,15-17,27,29,38,40-41H,1-2H3,(H,37,39)/t27-,29+/m0/s1. The predicted molar refractivity (Wildman–Crippen MR) is 154 cm³/mol. The third-order valence-corrected chi connectivity index (χ3v) is 7.07. The summed E-state index contributed by atoms with van der Waals surface area (Å²) in [5, 5.41) is 18.0. The molecule has 0 saturated carbocycles. The highest BCUT2D eigenvalue weighted by molar-refractivity contribution is 6.35. The number of hydrogen-bond acceptors (Lipinski definition) is 7. The Morgan fingerprint density at radius 2 is 1.71 bits per heavy atom. The van der Waals surface area contributed by atoms with Crippen LogP contribution in [-0.4, -0.2) is 22.2 Å². The molecule has 3 aromatic carbocycles. The molecule has 1 aliphatic rings. The summed E-state index contributed by atoms with van der Waals surface area (Å²) in [7, 11) is 0. The van der Waals surface area contributed by atoms with Crippen LogP contribution in [0.2, 0.25) is 5.02 Å². The van der Waals surface area contributed by atoms with E-state index in [0.717, 1.165) is 0 Å². The van der Waals surface area contributed by atoms with E-state index in [0.29, 0.717) is 16.9 Å². The third-order valence-electron chi connectivity index (χ3n) is 6.78. The molecule has 7 nitrogen and oxygen atoms in total. The number of nitrogens with one attached hydrogen (secondary N) is 4. The van der Waals surface area contributed by atoms with E-state index < -0.39 is 24.1 Å². The summed E-state index contributed by atoms with van der Waals surface area (Å²) in [6.07, 6.45) is -1.61. The van der Waals surface area contributed by atoms with Gasteiger partial charge in [-0.3, -0.25) is 9.99 Å². The SMILES string of the molecule is CC(C)N1C=C([C@@H](Nc2cc(Cl)c3ncc(C#N)c(N[C@H](c4ccccc4)C(F)(F)F)c3c2)c2ccc(F)cc2)NN1. The number of benzene rings is 3. The zero-order valence-electron chi connectivity index (χ0n) is 22.5. The van der Waals surface area contributed by atoms with Crippen molar-refractivity contribution in [3.05, 3.63) is 112 Å². The van der Waals surface area contributed by atoms with Gasteiger partial charge in [0.15, 0.2) is 0 Å². The van der Waals surface area contributed by atoms with E-state index in [2.05, 4.69) is 26.6 Å². The molecule has 0 spiro atoms. The number of rotatable bonds is 8. The van der Waals surface area contributed by atoms with Crippen molar-refractivity contribution in [3.8, 4) is 6.07 Å². The number of alkyl halides is 3. The van der Waals surface area contributed by atoms with Crippen molar-refractivity contribution >= 4 is 33.9 Å². The van der Waals surface area contributed by atoms with E-state index in [1.807, 2.05) is 31.1 Å². The van der Waals surface area contributed by atoms with E-state index in [1.165, 1.54) is 42.6 Å². The molecule has 5 rings (SSSR count). The van der Waals surface area contributed by atoms with Crippen molar-refractivity contribution in [2.24, 2.45) is 0 Å². The highest BCUT2D eigenvalue weighted by Gasteiger charge is 2.41. The number of halogens is 5. The van der Waals surface area contributed by atoms with Gasteiger partial charge in [0.05, 0.1) is 33.5 Å². The second-order valence-corrected chi connectivity index (χ2v) is 10.4. The summed E-state index contributed by atoms with van der Waals surface area (Å²) < 4.78 is 56.6. The maximum absolute atomic E-state index is 14.3. The Labute approximate surface area is 244 Å². The van der Waals surface area contributed by atoms with Crippen LogP contribution in [0, 0.1) is 17.1 Å². The molecule has 42 heavy (non-hydrogen) atoms. The van der Waals surface area contributed by atoms with Crippen molar-refractivity contribution in [3.63, 3.8) is 0 Å². The summed E-state index contributed by atoms with van der Waals surface area (Å²) >= 11 is 6.61. The fourth-order valence-corrected chi connectivity index (χ4v) is 4.93. The average molecular weight is 596 g/mol. The maximum atomic E-state index is 14.3. The van der Waals surface area contributed by atoms with Gasteiger partial charge in [0.1, 0.15) is 17.9 Å². The van der Waals surface area contributed by atoms with E-state index >= 15 is 0 Å². The molecule has 0 radical (unpaired) electrons. The molecule has 1 aromatic heterocycles. The Balaban J connectivity index is 1.61. The number of nitrogens with zero attached hydrogens (tertiary/aromatic N) is 3. The first-order chi connectivity index (χ1) is 20.0. The monoisotopic (exact) mass is 595 g/mol. The lowest BCUT2D eigenvalue weighted by Crippen LogP contribution is -2.41. The fraction of sp³-hybridized carbons (Fsp3) is 0.200. The third kappa shape index (κ3) is 6.05. The number of anilines is 2. The van der Waals surface area contributed by atoms with Gasteiger partial charge in [-0.1, -0.05) is 54.1 Å². The second-order valence-electron chi connectivity index (χ2n) is 9.99. The van der Waals surface area contributed by atoms with Gasteiger partial charge in [-0.2, -0.15) is 18.4 Å². The van der Waals surface area contributed by atoms with Gasteiger partial charge in [-0.25, -0.2) is 4.39 Å². The molecule has 12 heteroatoms. The Bertz CT molecular complexity index is 1650. The van der Waals surface area contributed by atoms with Crippen molar-refractivity contribution < 1.29 is 17.6 Å². The Morgan fingerprint density at radius 1 is 1.00 bits per heavy atom. The summed E-state index contributed by atoms with van der Waals surface area (Å²) in [5.41, 5.74) is 8.11. The zero-order chi connectivity index (χ0) is 30.0. The van der Waals surface area contributed by atoms with Gasteiger partial charge >= 0.3 is 6.18 Å². The van der Waals surface area contributed by atoms with E-state index in [9.17, 15) is 22.8 Å². The van der Waals surface area contributed by atoms with Crippen LogP contribution in [0.15, 0.2) is 84.8 Å². The van der Waals surface area contributed by atoms with Crippen LogP contribution >= 0.6 is 11.6 Å². The predicted octanol–water partition coefficient (Wildman–Crippen LogP) is 7.34. The van der Waals surface area contributed by atoms with Crippen LogP contribution in [0.25, 0.3) is 10.9 Å². The van der Waals surface area contributed by atoms with Crippen molar-refractivity contribution in [1.29, 1.82) is 5.26 Å². The quantitative estimate of drug-likeness (QED) is 0.159. The fourth-order valence-electron chi connectivity index (χ4n) is 4.66. The van der Waals surface area contributed by atoms with Gasteiger partial charge in [0.2, 0.25) is 0 Å². The van der Waals surface area contributed by atoms with Crippen molar-refractivity contribution in [1.82, 2.24) is 21.0 Å². The van der Waals surface area contributed by atoms with Crippen LogP contribution in [-0.2, 0) is 0 Å². The first-order valence-electron chi connectivity index (χ1n) is 13.0. The maximum Gasteiger partial charge on any atom is 0.412 e. The highest BCUT2D eigenvalue weighted by Crippen LogP contribution is 2.41. The number of pyridine rings is 1. The lowest BCUT2D eigenvalue weighted by Gasteiger charge is -2.25. The molecule has 0 fully saturated rings. The number of hydrogen-bond donors (Lipinski definition) is 4. The average Bonchev–Trinajstić information content (AvgIpc) is 3.45. The molecule has 0 bridgehead atoms. The van der Waals surface area contributed by atoms with Crippen LogP contribution in [0.3, 0.4) is 0 Å². The smallest absolute Gasteiger partial charge is 0.373 e. The summed E-state index contributed by atoms with van der Waals surface area (Å²) in [6, 6.07) is 16.0. The van der Waals surface area contributed by atoms with E-state index in [1.54, 1.807) is 30.3 Å². The first kappa shape index (κ1) is 29.0. The van der Waals surface area contributed by atoms with Crippen molar-refractivity contribution in [2.45, 2.75) is 38.1 Å². The lowest BCUT2D eigenvalue weighted by atomic mass is 10.0. The zero-order valence-corrected chi connectivity index (χ0v) is 23.2. The minimum atomic E-state index is -4.67. The molecule has 1 aliphatic heterocycles. The lowest BCUT2D eigenvalue weighted by molar-refractivity contribution is -0.143. The minimum absolute atomic E-state index is 0.0166. The molecule has 2 heterocycles. The summed E-state index contributed by atoms with van der Waals surface area (Å²) in [4.78, 5) is 4.26. The molecule has 0 amide bonds. The number of nitriles is 1. The highest BCUT2D eigenvalue weighted by atomic mass is 35.5. The largest absolute Gasteiger partial charge is 0.412 e. The number of aromatic nitrogens is 1. The van der Waals surface area contributed by atoms with Gasteiger partial charge in [0.25, 0.3) is 0 Å². The normalized spacial score (nSPS) is 14.7. The molecule has 4 N–H and O–H groups in total. The van der Waals surface area contributed by atoms with Gasteiger partial charge in [-0.15, -0.1) is 5.53 Å². The Morgan fingerprint density at radius 3 is 2.33 bits per heavy atom. The Hall–Kier alpha value is -4.53. The van der Waals surface area contributed by atoms with Crippen LogP contribution in [0.5, 0.6) is 0 Å². The number of fused-ring (bicyclic) bond motifs is 1. The van der Waals surface area contributed by atoms with Crippen LogP contribution < -0.4 is 21.6 Å². The van der Waals surface area contributed by atoms with E-state index in [4.69, 9.17) is 11.6 Å². The molecule has 4 aromatic rings. The molecule has 0 unspecified atom stereocenters. The summed E-state index contributed by atoms with van der Waals surface area (Å²) in [5.74, 6) is -0.398. The van der Waals surface area contributed by atoms with Gasteiger partial charge < -0.3 is 16.1 Å². The molecule has 0 aliphatic carbocycles. The van der Waals surface area contributed by atoms with Crippen LogP contribution in [0.1, 0.15) is 42.6 Å². The minimum Gasteiger partial charge on any atom is -0.373 e. The molecular formula is C30H26ClF4N7. The topological polar surface area (TPSA) is 88.0 Å². The van der Waals surface area contributed by atoms with Gasteiger partial charge in [0, 0.05) is 29.5 Å². The molecule has 216 valence electrons. The number of hydrazine groups is 2. The van der Waals surface area contributed by atoms with E-state index in [-0.39, 0.29) is 38.8 Å². The molecular weight excluding hydrogens is 570 g/mol. The van der Waals surface area contributed by atoms with Crippen molar-refractivity contribution in [2.75, 3.05) is 10.6 Å². The first-order valence-corrected chi connectivity index (χ1v) is 13.4. The molecule has 2 atom stereocenters. The molecule has 0 saturated heterocycles. The Kier molecular flexibility index (Phi) is 8.11. The second kappa shape index (κ2) is 11.8.